The van der Waals surface area contributed by atoms with Gasteiger partial charge < -0.3 is 14.6 Å². The minimum absolute atomic E-state index is 0.0136. The van der Waals surface area contributed by atoms with Gasteiger partial charge in [0, 0.05) is 23.4 Å². The largest absolute Gasteiger partial charge is 0.495 e. The Morgan fingerprint density at radius 1 is 1.13 bits per heavy atom. The van der Waals surface area contributed by atoms with Crippen LogP contribution in [0.5, 0.6) is 11.5 Å². The maximum atomic E-state index is 13.8. The van der Waals surface area contributed by atoms with E-state index in [2.05, 4.69) is 15.9 Å². The molecule has 0 amide bonds. The van der Waals surface area contributed by atoms with Crippen LogP contribution in [0.1, 0.15) is 21.6 Å². The molecule has 30 heavy (non-hydrogen) atoms. The molecule has 0 unspecified atom stereocenters. The summed E-state index contributed by atoms with van der Waals surface area (Å²) < 4.78 is 39.0. The van der Waals surface area contributed by atoms with Crippen molar-refractivity contribution in [3.05, 3.63) is 85.7 Å². The average Bonchev–Trinajstić information content (AvgIpc) is 2.70. The molecule has 1 heterocycles. The highest BCUT2D eigenvalue weighted by Gasteiger charge is 2.18. The summed E-state index contributed by atoms with van der Waals surface area (Å²) >= 11 is 3.19. The summed E-state index contributed by atoms with van der Waals surface area (Å²) in [6.45, 7) is 1.41. The molecule has 1 N–H and O–H groups in total. The fourth-order valence-corrected chi connectivity index (χ4v) is 3.28. The molecular formula is C21H16BrF2NO5. The van der Waals surface area contributed by atoms with Crippen molar-refractivity contribution in [3.63, 3.8) is 0 Å². The van der Waals surface area contributed by atoms with Crippen LogP contribution < -0.4 is 15.0 Å². The van der Waals surface area contributed by atoms with Gasteiger partial charge in [-0.15, -0.1) is 0 Å². The minimum atomic E-state index is -1.15. The summed E-state index contributed by atoms with van der Waals surface area (Å²) in [5.41, 5.74) is 0.266. The number of ether oxygens (including phenoxy) is 2. The topological polar surface area (TPSA) is 77.8 Å². The normalized spacial score (nSPS) is 10.7. The van der Waals surface area contributed by atoms with Crippen molar-refractivity contribution in [3.8, 4) is 17.2 Å². The molecule has 0 saturated carbocycles. The smallest absolute Gasteiger partial charge is 0.335 e. The Labute approximate surface area is 178 Å². The Morgan fingerprint density at radius 3 is 2.50 bits per heavy atom. The lowest BCUT2D eigenvalue weighted by Gasteiger charge is -2.17. The molecule has 0 bridgehead atoms. The fraction of sp³-hybridized carbons (Fsp3) is 0.143. The first kappa shape index (κ1) is 21.5. The summed E-state index contributed by atoms with van der Waals surface area (Å²) in [4.78, 5) is 24.3. The number of carboxylic acid groups (broad SMARTS) is 1. The lowest BCUT2D eigenvalue weighted by molar-refractivity contribution is 0.0696. The maximum Gasteiger partial charge on any atom is 0.335 e. The summed E-state index contributed by atoms with van der Waals surface area (Å²) in [6, 6.07) is 8.82. The predicted molar refractivity (Wildman–Crippen MR) is 109 cm³/mol. The van der Waals surface area contributed by atoms with Crippen molar-refractivity contribution < 1.29 is 28.2 Å². The molecule has 0 fully saturated rings. The average molecular weight is 480 g/mol. The molecule has 0 aliphatic carbocycles. The number of aromatic carboxylic acids is 1. The number of methoxy groups -OCH3 is 1. The highest BCUT2D eigenvalue weighted by atomic mass is 79.9. The van der Waals surface area contributed by atoms with Gasteiger partial charge in [-0.1, -0.05) is 0 Å². The second-order valence-corrected chi connectivity index (χ2v) is 7.11. The Balaban J connectivity index is 2.02. The van der Waals surface area contributed by atoms with Gasteiger partial charge in [0.1, 0.15) is 34.2 Å². The summed E-state index contributed by atoms with van der Waals surface area (Å²) in [5, 5.41) is 9.26. The number of pyridine rings is 1. The van der Waals surface area contributed by atoms with Gasteiger partial charge in [0.15, 0.2) is 0 Å². The molecule has 2 aromatic carbocycles. The summed E-state index contributed by atoms with van der Waals surface area (Å²) in [6.07, 6.45) is 0. The van der Waals surface area contributed by atoms with Gasteiger partial charge in [0.2, 0.25) is 0 Å². The van der Waals surface area contributed by atoms with Crippen molar-refractivity contribution in [2.45, 2.75) is 13.5 Å². The number of carbonyl (C=O) groups is 1. The van der Waals surface area contributed by atoms with Crippen LogP contribution in [0, 0.1) is 18.6 Å². The van der Waals surface area contributed by atoms with Crippen LogP contribution >= 0.6 is 15.9 Å². The molecule has 0 spiro atoms. The van der Waals surface area contributed by atoms with E-state index < -0.39 is 23.2 Å². The lowest BCUT2D eigenvalue weighted by atomic mass is 10.1. The molecule has 0 radical (unpaired) electrons. The first-order valence-corrected chi connectivity index (χ1v) is 9.42. The zero-order valence-corrected chi connectivity index (χ0v) is 17.5. The molecule has 1 aromatic heterocycles. The molecule has 3 rings (SSSR count). The Kier molecular flexibility index (Phi) is 6.21. The highest BCUT2D eigenvalue weighted by Crippen LogP contribution is 2.29. The van der Waals surface area contributed by atoms with Crippen LogP contribution in [-0.4, -0.2) is 22.8 Å². The number of rotatable bonds is 6. The van der Waals surface area contributed by atoms with Crippen LogP contribution in [0.2, 0.25) is 0 Å². The number of benzene rings is 2. The van der Waals surface area contributed by atoms with Crippen LogP contribution in [-0.2, 0) is 6.61 Å². The van der Waals surface area contributed by atoms with E-state index in [-0.39, 0.29) is 33.6 Å². The number of hydrogen-bond donors (Lipinski definition) is 1. The van der Waals surface area contributed by atoms with E-state index in [9.17, 15) is 23.5 Å². The number of aryl methyl sites for hydroxylation is 1. The van der Waals surface area contributed by atoms with Gasteiger partial charge in [-0.2, -0.15) is 0 Å². The second kappa shape index (κ2) is 8.66. The minimum Gasteiger partial charge on any atom is -0.495 e. The first-order chi connectivity index (χ1) is 14.2. The van der Waals surface area contributed by atoms with E-state index in [0.717, 1.165) is 12.1 Å². The van der Waals surface area contributed by atoms with Crippen LogP contribution in [0.3, 0.4) is 0 Å². The van der Waals surface area contributed by atoms with E-state index in [4.69, 9.17) is 9.47 Å². The van der Waals surface area contributed by atoms with Gasteiger partial charge >= 0.3 is 5.97 Å². The SMILES string of the molecule is COc1ccc(C(=O)O)cc1-n1c(C)cc(OCc2ccc(F)cc2F)c(Br)c1=O. The van der Waals surface area contributed by atoms with Gasteiger partial charge in [-0.3, -0.25) is 9.36 Å². The van der Waals surface area contributed by atoms with Crippen molar-refractivity contribution in [2.24, 2.45) is 0 Å². The number of hydrogen-bond acceptors (Lipinski definition) is 4. The Bertz CT molecular complexity index is 1190. The van der Waals surface area contributed by atoms with E-state index in [1.807, 2.05) is 0 Å². The molecule has 3 aromatic rings. The zero-order chi connectivity index (χ0) is 22.0. The van der Waals surface area contributed by atoms with Crippen LogP contribution in [0.25, 0.3) is 5.69 Å². The molecule has 0 saturated heterocycles. The van der Waals surface area contributed by atoms with Crippen LogP contribution in [0.4, 0.5) is 8.78 Å². The van der Waals surface area contributed by atoms with E-state index in [1.165, 1.54) is 35.9 Å². The van der Waals surface area contributed by atoms with E-state index in [1.54, 1.807) is 13.0 Å². The molecule has 156 valence electrons. The number of aromatic nitrogens is 1. The number of halogens is 3. The van der Waals surface area contributed by atoms with Crippen molar-refractivity contribution in [1.82, 2.24) is 4.57 Å². The van der Waals surface area contributed by atoms with Gasteiger partial charge in [0.05, 0.1) is 18.4 Å². The second-order valence-electron chi connectivity index (χ2n) is 6.32. The first-order valence-electron chi connectivity index (χ1n) is 8.63. The molecule has 0 aliphatic heterocycles. The summed E-state index contributed by atoms with van der Waals surface area (Å²) in [5.74, 6) is -2.14. The zero-order valence-electron chi connectivity index (χ0n) is 15.9. The molecule has 9 heteroatoms. The van der Waals surface area contributed by atoms with Crippen molar-refractivity contribution in [2.75, 3.05) is 7.11 Å². The predicted octanol–water partition coefficient (Wildman–Crippen LogP) is 4.47. The molecule has 6 nitrogen and oxygen atoms in total. The van der Waals surface area contributed by atoms with Gasteiger partial charge in [-0.05, 0) is 53.2 Å². The maximum absolute atomic E-state index is 13.8. The van der Waals surface area contributed by atoms with Gasteiger partial charge in [-0.25, -0.2) is 13.6 Å². The van der Waals surface area contributed by atoms with Crippen molar-refractivity contribution in [1.29, 1.82) is 0 Å². The molecular weight excluding hydrogens is 464 g/mol. The monoisotopic (exact) mass is 479 g/mol. The molecule has 0 aliphatic rings. The number of nitrogens with zero attached hydrogens (tertiary/aromatic N) is 1. The third kappa shape index (κ3) is 4.20. The Morgan fingerprint density at radius 2 is 1.87 bits per heavy atom. The van der Waals surface area contributed by atoms with Gasteiger partial charge in [0.25, 0.3) is 5.56 Å². The summed E-state index contributed by atoms with van der Waals surface area (Å²) in [7, 11) is 1.41. The highest BCUT2D eigenvalue weighted by molar-refractivity contribution is 9.10. The fourth-order valence-electron chi connectivity index (χ4n) is 2.88. The van der Waals surface area contributed by atoms with Crippen LogP contribution in [0.15, 0.2) is 51.7 Å². The van der Waals surface area contributed by atoms with E-state index in [0.29, 0.717) is 11.4 Å². The molecule has 0 atom stereocenters. The third-order valence-electron chi connectivity index (χ3n) is 4.36. The third-order valence-corrected chi connectivity index (χ3v) is 5.09. The lowest BCUT2D eigenvalue weighted by Crippen LogP contribution is -2.23. The quantitative estimate of drug-likeness (QED) is 0.564. The van der Waals surface area contributed by atoms with Crippen molar-refractivity contribution >= 4 is 21.9 Å². The number of carboxylic acids is 1. The standard InChI is InChI=1S/C21H16BrF2NO5/c1-11-7-18(30-10-13-3-5-14(23)9-15(13)24)19(22)20(26)25(11)16-8-12(21(27)28)4-6-17(16)29-2/h3-9H,10H2,1-2H3,(H,27,28). The van der Waals surface area contributed by atoms with E-state index >= 15 is 0 Å². The Hall–Kier alpha value is -3.20.